The molecule has 1 aliphatic heterocycles. The zero-order valence-electron chi connectivity index (χ0n) is 10.2. The zero-order chi connectivity index (χ0) is 11.1. The average molecular weight is 204 g/mol. The van der Waals surface area contributed by atoms with E-state index in [1.54, 1.807) is 0 Å². The number of benzene rings is 1. The zero-order valence-corrected chi connectivity index (χ0v) is 10.2. The van der Waals surface area contributed by atoms with E-state index in [0.29, 0.717) is 0 Å². The van der Waals surface area contributed by atoms with E-state index in [-0.39, 0.29) is 5.41 Å². The van der Waals surface area contributed by atoms with Crippen LogP contribution in [0.1, 0.15) is 43.9 Å². The molecule has 0 unspecified atom stereocenters. The van der Waals surface area contributed by atoms with Crippen LogP contribution in [0.5, 0.6) is 5.75 Å². The predicted molar refractivity (Wildman–Crippen MR) is 63.7 cm³/mol. The molecule has 1 aromatic rings. The molecule has 82 valence electrons. The van der Waals surface area contributed by atoms with E-state index in [1.807, 2.05) is 0 Å². The molecule has 0 saturated heterocycles. The van der Waals surface area contributed by atoms with Gasteiger partial charge >= 0.3 is 0 Å². The van der Waals surface area contributed by atoms with Crippen LogP contribution in [-0.2, 0) is 11.8 Å². The molecule has 0 atom stereocenters. The van der Waals surface area contributed by atoms with Crippen LogP contribution in [0.2, 0.25) is 0 Å². The SMILES string of the molecule is CCc1cc(C)cc2c1OCCC2(C)C. The molecule has 1 heteroatoms. The second-order valence-corrected chi connectivity index (χ2v) is 5.14. The average Bonchev–Trinajstić information content (AvgIpc) is 2.18. The second-order valence-electron chi connectivity index (χ2n) is 5.14. The van der Waals surface area contributed by atoms with Crippen LogP contribution in [0.15, 0.2) is 12.1 Å². The number of fused-ring (bicyclic) bond motifs is 1. The van der Waals surface area contributed by atoms with Crippen molar-refractivity contribution in [2.24, 2.45) is 0 Å². The van der Waals surface area contributed by atoms with Crippen LogP contribution in [-0.4, -0.2) is 6.61 Å². The van der Waals surface area contributed by atoms with Crippen molar-refractivity contribution in [1.82, 2.24) is 0 Å². The fourth-order valence-electron chi connectivity index (χ4n) is 2.33. The molecule has 0 N–H and O–H groups in total. The maximum Gasteiger partial charge on any atom is 0.126 e. The maximum atomic E-state index is 5.84. The molecule has 1 nitrogen and oxygen atoms in total. The first-order chi connectivity index (χ1) is 7.04. The van der Waals surface area contributed by atoms with Gasteiger partial charge in [0.25, 0.3) is 0 Å². The van der Waals surface area contributed by atoms with E-state index in [0.717, 1.165) is 25.2 Å². The van der Waals surface area contributed by atoms with Crippen molar-refractivity contribution in [1.29, 1.82) is 0 Å². The van der Waals surface area contributed by atoms with Gasteiger partial charge in [-0.15, -0.1) is 0 Å². The van der Waals surface area contributed by atoms with E-state index in [1.165, 1.54) is 16.7 Å². The van der Waals surface area contributed by atoms with Gasteiger partial charge in [-0.3, -0.25) is 0 Å². The van der Waals surface area contributed by atoms with E-state index in [9.17, 15) is 0 Å². The molecule has 0 fully saturated rings. The van der Waals surface area contributed by atoms with Crippen LogP contribution >= 0.6 is 0 Å². The molecule has 1 aromatic carbocycles. The van der Waals surface area contributed by atoms with Crippen molar-refractivity contribution in [3.63, 3.8) is 0 Å². The van der Waals surface area contributed by atoms with Gasteiger partial charge in [-0.25, -0.2) is 0 Å². The minimum absolute atomic E-state index is 0.267. The number of hydrogen-bond donors (Lipinski definition) is 0. The van der Waals surface area contributed by atoms with E-state index in [2.05, 4.69) is 39.8 Å². The summed E-state index contributed by atoms with van der Waals surface area (Å²) in [6, 6.07) is 4.54. The van der Waals surface area contributed by atoms with Gasteiger partial charge in [-0.2, -0.15) is 0 Å². The van der Waals surface area contributed by atoms with Crippen LogP contribution < -0.4 is 4.74 Å². The largest absolute Gasteiger partial charge is 0.493 e. The van der Waals surface area contributed by atoms with E-state index < -0.39 is 0 Å². The molecule has 0 amide bonds. The Labute approximate surface area is 92.5 Å². The minimum atomic E-state index is 0.267. The third-order valence-electron chi connectivity index (χ3n) is 3.39. The van der Waals surface area contributed by atoms with Crippen LogP contribution in [0, 0.1) is 6.92 Å². The summed E-state index contributed by atoms with van der Waals surface area (Å²) < 4.78 is 5.84. The number of aryl methyl sites for hydroxylation is 2. The Morgan fingerprint density at radius 1 is 1.33 bits per heavy atom. The topological polar surface area (TPSA) is 9.23 Å². The lowest BCUT2D eigenvalue weighted by atomic mass is 9.78. The molecular formula is C14H20O. The standard InChI is InChI=1S/C14H20O/c1-5-11-8-10(2)9-12-13(11)15-7-6-14(12,3)4/h8-9H,5-7H2,1-4H3. The van der Waals surface area contributed by atoms with Crippen LogP contribution in [0.4, 0.5) is 0 Å². The van der Waals surface area contributed by atoms with Gasteiger partial charge in [0, 0.05) is 5.56 Å². The lowest BCUT2D eigenvalue weighted by Crippen LogP contribution is -2.27. The number of ether oxygens (including phenoxy) is 1. The Bertz CT molecular complexity index is 377. The Hall–Kier alpha value is -0.980. The van der Waals surface area contributed by atoms with Crippen molar-refractivity contribution in [2.45, 2.75) is 46.0 Å². The molecule has 0 aromatic heterocycles. The first-order valence-corrected chi connectivity index (χ1v) is 5.81. The fourth-order valence-corrected chi connectivity index (χ4v) is 2.33. The first-order valence-electron chi connectivity index (χ1n) is 5.81. The normalized spacial score (nSPS) is 18.1. The Balaban J connectivity index is 2.61. The van der Waals surface area contributed by atoms with Crippen molar-refractivity contribution < 1.29 is 4.74 Å². The van der Waals surface area contributed by atoms with Gasteiger partial charge in [0.15, 0.2) is 0 Å². The van der Waals surface area contributed by atoms with Crippen LogP contribution in [0.25, 0.3) is 0 Å². The highest BCUT2D eigenvalue weighted by molar-refractivity contribution is 5.49. The summed E-state index contributed by atoms with van der Waals surface area (Å²) >= 11 is 0. The maximum absolute atomic E-state index is 5.84. The van der Waals surface area contributed by atoms with Crippen molar-refractivity contribution in [2.75, 3.05) is 6.61 Å². The number of rotatable bonds is 1. The summed E-state index contributed by atoms with van der Waals surface area (Å²) in [5.41, 5.74) is 4.37. The van der Waals surface area contributed by atoms with Crippen molar-refractivity contribution in [3.05, 3.63) is 28.8 Å². The molecule has 2 rings (SSSR count). The lowest BCUT2D eigenvalue weighted by Gasteiger charge is -2.34. The van der Waals surface area contributed by atoms with E-state index in [4.69, 9.17) is 4.74 Å². The van der Waals surface area contributed by atoms with Gasteiger partial charge in [-0.05, 0) is 30.7 Å². The monoisotopic (exact) mass is 204 g/mol. The molecule has 0 aliphatic carbocycles. The quantitative estimate of drug-likeness (QED) is 0.679. The second kappa shape index (κ2) is 3.55. The Morgan fingerprint density at radius 3 is 2.73 bits per heavy atom. The van der Waals surface area contributed by atoms with Crippen molar-refractivity contribution >= 4 is 0 Å². The van der Waals surface area contributed by atoms with Gasteiger partial charge < -0.3 is 4.74 Å². The lowest BCUT2D eigenvalue weighted by molar-refractivity contribution is 0.231. The Morgan fingerprint density at radius 2 is 2.07 bits per heavy atom. The summed E-state index contributed by atoms with van der Waals surface area (Å²) in [7, 11) is 0. The van der Waals surface area contributed by atoms with Gasteiger partial charge in [-0.1, -0.05) is 38.5 Å². The highest BCUT2D eigenvalue weighted by atomic mass is 16.5. The Kier molecular flexibility index (Phi) is 2.49. The van der Waals surface area contributed by atoms with Crippen LogP contribution in [0.3, 0.4) is 0 Å². The number of hydrogen-bond acceptors (Lipinski definition) is 1. The highest BCUT2D eigenvalue weighted by Crippen LogP contribution is 2.41. The summed E-state index contributed by atoms with van der Waals surface area (Å²) in [4.78, 5) is 0. The summed E-state index contributed by atoms with van der Waals surface area (Å²) in [5, 5.41) is 0. The molecule has 0 radical (unpaired) electrons. The molecular weight excluding hydrogens is 184 g/mol. The van der Waals surface area contributed by atoms with E-state index >= 15 is 0 Å². The van der Waals surface area contributed by atoms with Gasteiger partial charge in [0.05, 0.1) is 6.61 Å². The molecule has 15 heavy (non-hydrogen) atoms. The summed E-state index contributed by atoms with van der Waals surface area (Å²) in [6.07, 6.45) is 2.17. The smallest absolute Gasteiger partial charge is 0.126 e. The predicted octanol–water partition coefficient (Wildman–Crippen LogP) is 3.62. The highest BCUT2D eigenvalue weighted by Gasteiger charge is 2.30. The van der Waals surface area contributed by atoms with Gasteiger partial charge in [0.1, 0.15) is 5.75 Å². The molecule has 1 heterocycles. The summed E-state index contributed by atoms with van der Waals surface area (Å²) in [5.74, 6) is 1.15. The molecule has 0 saturated carbocycles. The first kappa shape index (κ1) is 10.5. The fraction of sp³-hybridized carbons (Fsp3) is 0.571. The third-order valence-corrected chi connectivity index (χ3v) is 3.39. The molecule has 1 aliphatic rings. The molecule has 0 bridgehead atoms. The minimum Gasteiger partial charge on any atom is -0.493 e. The molecule has 0 spiro atoms. The summed E-state index contributed by atoms with van der Waals surface area (Å²) in [6.45, 7) is 9.85. The van der Waals surface area contributed by atoms with Crippen molar-refractivity contribution in [3.8, 4) is 5.75 Å². The third kappa shape index (κ3) is 1.75. The van der Waals surface area contributed by atoms with Gasteiger partial charge in [0.2, 0.25) is 0 Å².